The Balaban J connectivity index is 1.73. The Labute approximate surface area is 120 Å². The van der Waals surface area contributed by atoms with Crippen molar-refractivity contribution >= 4 is 0 Å². The molecule has 0 aromatic heterocycles. The van der Waals surface area contributed by atoms with Crippen molar-refractivity contribution in [3.05, 3.63) is 0 Å². The molecule has 3 heterocycles. The van der Waals surface area contributed by atoms with Crippen LogP contribution in [0.4, 0.5) is 0 Å². The maximum absolute atomic E-state index is 4.80. The molecular formula is C16H24N4. The Kier molecular flexibility index (Phi) is 1.79. The summed E-state index contributed by atoms with van der Waals surface area (Å²) in [6.07, 6.45) is 4.09. The van der Waals surface area contributed by atoms with Gasteiger partial charge in [-0.2, -0.15) is 20.5 Å². The zero-order chi connectivity index (χ0) is 13.9. The third-order valence-electron chi connectivity index (χ3n) is 8.25. The zero-order valence-corrected chi connectivity index (χ0v) is 12.9. The predicted molar refractivity (Wildman–Crippen MR) is 75.7 cm³/mol. The molecule has 6 rings (SSSR count). The van der Waals surface area contributed by atoms with Crippen LogP contribution < -0.4 is 0 Å². The topological polar surface area (TPSA) is 49.4 Å². The molecule has 0 unspecified atom stereocenters. The van der Waals surface area contributed by atoms with Crippen LogP contribution in [0.25, 0.3) is 0 Å². The fraction of sp³-hybridized carbons (Fsp3) is 1.00. The van der Waals surface area contributed by atoms with E-state index in [1.165, 1.54) is 19.3 Å². The molecule has 0 radical (unpaired) electrons. The summed E-state index contributed by atoms with van der Waals surface area (Å²) in [6.45, 7) is 9.43. The minimum absolute atomic E-state index is 0.0394. The standard InChI is InChI=1S/C16H24N4/c1-14(2)15(3)10-11(16(14,4)20-19-15)13-9-7-5-6-8(9)12(10)17-18-13/h8-13H,5-7H2,1-4H3/t8-,9+,10-,11+,12+,13-,15+,16-. The van der Waals surface area contributed by atoms with Gasteiger partial charge < -0.3 is 0 Å². The van der Waals surface area contributed by atoms with Crippen molar-refractivity contribution in [1.82, 2.24) is 0 Å². The number of fused-ring (bicyclic) bond motifs is 2. The Morgan fingerprint density at radius 1 is 0.750 bits per heavy atom. The second kappa shape index (κ2) is 3.02. The van der Waals surface area contributed by atoms with Crippen LogP contribution in [0.2, 0.25) is 0 Å². The molecule has 3 saturated carbocycles. The molecule has 3 fully saturated rings. The van der Waals surface area contributed by atoms with Crippen molar-refractivity contribution in [3.8, 4) is 0 Å². The molecule has 0 spiro atoms. The summed E-state index contributed by atoms with van der Waals surface area (Å²) in [4.78, 5) is 0. The van der Waals surface area contributed by atoms with Crippen molar-refractivity contribution < 1.29 is 0 Å². The average Bonchev–Trinajstić information content (AvgIpc) is 3.02. The highest BCUT2D eigenvalue weighted by molar-refractivity contribution is 5.33. The third kappa shape index (κ3) is 0.890. The van der Waals surface area contributed by atoms with Crippen LogP contribution in [-0.4, -0.2) is 23.2 Å². The molecule has 20 heavy (non-hydrogen) atoms. The maximum Gasteiger partial charge on any atom is 0.0916 e. The van der Waals surface area contributed by atoms with E-state index in [0.29, 0.717) is 23.9 Å². The fourth-order valence-corrected chi connectivity index (χ4v) is 6.59. The van der Waals surface area contributed by atoms with Crippen molar-refractivity contribution in [1.29, 1.82) is 0 Å². The summed E-state index contributed by atoms with van der Waals surface area (Å²) in [5, 5.41) is 19.1. The van der Waals surface area contributed by atoms with Gasteiger partial charge in [-0.05, 0) is 38.5 Å². The summed E-state index contributed by atoms with van der Waals surface area (Å²) >= 11 is 0. The molecule has 3 aliphatic carbocycles. The van der Waals surface area contributed by atoms with Crippen molar-refractivity contribution in [2.75, 3.05) is 0 Å². The van der Waals surface area contributed by atoms with Crippen LogP contribution in [-0.2, 0) is 0 Å². The first kappa shape index (κ1) is 11.8. The van der Waals surface area contributed by atoms with E-state index >= 15 is 0 Å². The van der Waals surface area contributed by atoms with E-state index in [0.717, 1.165) is 11.8 Å². The largest absolute Gasteiger partial charge is 0.190 e. The SMILES string of the molecule is CC1(C)[C@@]2(C)N=N[C@]1(C)[C@@H]1[C@@H]3N=N[C@@H]([C@@H]4CCC[C@@H]43)[C@@H]12. The van der Waals surface area contributed by atoms with Gasteiger partial charge in [0.25, 0.3) is 0 Å². The molecule has 4 heteroatoms. The van der Waals surface area contributed by atoms with E-state index in [4.69, 9.17) is 20.5 Å². The van der Waals surface area contributed by atoms with Gasteiger partial charge in [-0.1, -0.05) is 20.3 Å². The van der Waals surface area contributed by atoms with Gasteiger partial charge in [0.1, 0.15) is 0 Å². The van der Waals surface area contributed by atoms with Gasteiger partial charge in [-0.25, -0.2) is 0 Å². The van der Waals surface area contributed by atoms with Gasteiger partial charge in [0.2, 0.25) is 0 Å². The smallest absolute Gasteiger partial charge is 0.0916 e. The molecule has 4 bridgehead atoms. The van der Waals surface area contributed by atoms with Gasteiger partial charge in [-0.15, -0.1) is 0 Å². The van der Waals surface area contributed by atoms with Crippen molar-refractivity contribution in [3.63, 3.8) is 0 Å². The van der Waals surface area contributed by atoms with E-state index in [9.17, 15) is 0 Å². The highest BCUT2D eigenvalue weighted by Crippen LogP contribution is 2.73. The first-order valence-electron chi connectivity index (χ1n) is 8.26. The molecule has 108 valence electrons. The van der Waals surface area contributed by atoms with E-state index < -0.39 is 0 Å². The normalized spacial score (nSPS) is 63.8. The number of rotatable bonds is 0. The van der Waals surface area contributed by atoms with Crippen LogP contribution >= 0.6 is 0 Å². The van der Waals surface area contributed by atoms with Gasteiger partial charge in [-0.3, -0.25) is 0 Å². The monoisotopic (exact) mass is 272 g/mol. The Morgan fingerprint density at radius 3 is 1.65 bits per heavy atom. The van der Waals surface area contributed by atoms with Gasteiger partial charge >= 0.3 is 0 Å². The maximum atomic E-state index is 4.80. The molecule has 0 aromatic rings. The predicted octanol–water partition coefficient (Wildman–Crippen LogP) is 3.87. The summed E-state index contributed by atoms with van der Waals surface area (Å²) in [7, 11) is 0. The van der Waals surface area contributed by atoms with Crippen LogP contribution in [0, 0.1) is 29.1 Å². The van der Waals surface area contributed by atoms with Crippen LogP contribution in [0.1, 0.15) is 47.0 Å². The number of azo groups is 2. The molecule has 8 atom stereocenters. The second-order valence-electron chi connectivity index (χ2n) is 8.64. The Bertz CT molecular complexity index is 509. The van der Waals surface area contributed by atoms with E-state index in [-0.39, 0.29) is 16.5 Å². The third-order valence-corrected chi connectivity index (χ3v) is 8.25. The molecule has 0 amide bonds. The first-order chi connectivity index (χ1) is 9.42. The highest BCUT2D eigenvalue weighted by Gasteiger charge is 2.79. The second-order valence-corrected chi connectivity index (χ2v) is 8.64. The quantitative estimate of drug-likeness (QED) is 0.642. The molecule has 4 nitrogen and oxygen atoms in total. The molecule has 3 aliphatic heterocycles. The molecule has 6 aliphatic rings. The van der Waals surface area contributed by atoms with Crippen molar-refractivity contribution in [2.45, 2.75) is 70.1 Å². The number of nitrogens with zero attached hydrogens (tertiary/aromatic N) is 4. The number of hydrogen-bond donors (Lipinski definition) is 0. The minimum Gasteiger partial charge on any atom is -0.190 e. The van der Waals surface area contributed by atoms with Crippen LogP contribution in [0.15, 0.2) is 20.5 Å². The molecule has 0 N–H and O–H groups in total. The minimum atomic E-state index is -0.0394. The van der Waals surface area contributed by atoms with E-state index in [1.54, 1.807) is 0 Å². The Morgan fingerprint density at radius 2 is 1.20 bits per heavy atom. The fourth-order valence-electron chi connectivity index (χ4n) is 6.59. The summed E-state index contributed by atoms with van der Waals surface area (Å²) in [6, 6.07) is 0.839. The number of hydrogen-bond acceptors (Lipinski definition) is 4. The summed E-state index contributed by atoms with van der Waals surface area (Å²) < 4.78 is 0. The first-order valence-corrected chi connectivity index (χ1v) is 8.26. The van der Waals surface area contributed by atoms with Crippen molar-refractivity contribution in [2.24, 2.45) is 49.5 Å². The lowest BCUT2D eigenvalue weighted by Crippen LogP contribution is -2.58. The summed E-state index contributed by atoms with van der Waals surface area (Å²) in [5.41, 5.74) is 0.0461. The van der Waals surface area contributed by atoms with Gasteiger partial charge in [0.15, 0.2) is 0 Å². The van der Waals surface area contributed by atoms with Gasteiger partial charge in [0, 0.05) is 17.3 Å². The average molecular weight is 272 g/mol. The zero-order valence-electron chi connectivity index (χ0n) is 12.9. The lowest BCUT2D eigenvalue weighted by molar-refractivity contribution is 0.00645. The Hall–Kier alpha value is -0.800. The summed E-state index contributed by atoms with van der Waals surface area (Å²) in [5.74, 6) is 2.71. The van der Waals surface area contributed by atoms with Crippen LogP contribution in [0.5, 0.6) is 0 Å². The van der Waals surface area contributed by atoms with E-state index in [2.05, 4.69) is 27.7 Å². The van der Waals surface area contributed by atoms with E-state index in [1.807, 2.05) is 0 Å². The highest BCUT2D eigenvalue weighted by atomic mass is 15.3. The molecular weight excluding hydrogens is 248 g/mol. The molecule has 0 aromatic carbocycles. The molecule has 0 saturated heterocycles. The van der Waals surface area contributed by atoms with Gasteiger partial charge in [0.05, 0.1) is 23.2 Å². The lowest BCUT2D eigenvalue weighted by Gasteiger charge is -2.52. The van der Waals surface area contributed by atoms with Crippen LogP contribution in [0.3, 0.4) is 0 Å². The lowest BCUT2D eigenvalue weighted by atomic mass is 9.59.